The van der Waals surface area contributed by atoms with E-state index in [-0.39, 0.29) is 5.91 Å². The zero-order valence-electron chi connectivity index (χ0n) is 15.1. The van der Waals surface area contributed by atoms with Crippen LogP contribution in [0.25, 0.3) is 17.3 Å². The molecule has 0 unspecified atom stereocenters. The second-order valence-corrected chi connectivity index (χ2v) is 6.51. The molecule has 5 nitrogen and oxygen atoms in total. The Morgan fingerprint density at radius 2 is 2.00 bits per heavy atom. The van der Waals surface area contributed by atoms with E-state index < -0.39 is 0 Å². The monoisotopic (exact) mass is 380 g/mol. The molecule has 27 heavy (non-hydrogen) atoms. The van der Waals surface area contributed by atoms with Gasteiger partial charge in [-0.3, -0.25) is 9.78 Å². The SMILES string of the molecule is COc1ccc(C=CC(=O)NCc2ccnc(-c3ccsc3)c2)cc1OC. The molecule has 0 aliphatic carbocycles. The summed E-state index contributed by atoms with van der Waals surface area (Å²) < 4.78 is 10.5. The van der Waals surface area contributed by atoms with Crippen LogP contribution in [0, 0.1) is 0 Å². The van der Waals surface area contributed by atoms with Gasteiger partial charge in [0.25, 0.3) is 0 Å². The van der Waals surface area contributed by atoms with Crippen molar-refractivity contribution in [2.75, 3.05) is 14.2 Å². The number of hydrogen-bond donors (Lipinski definition) is 1. The van der Waals surface area contributed by atoms with E-state index in [1.54, 1.807) is 43.9 Å². The maximum absolute atomic E-state index is 12.1. The molecule has 2 aromatic heterocycles. The average Bonchev–Trinajstić information content (AvgIpc) is 3.25. The van der Waals surface area contributed by atoms with Gasteiger partial charge in [-0.25, -0.2) is 0 Å². The first-order valence-corrected chi connectivity index (χ1v) is 9.29. The van der Waals surface area contributed by atoms with E-state index in [1.165, 1.54) is 6.08 Å². The molecule has 138 valence electrons. The van der Waals surface area contributed by atoms with Crippen LogP contribution in [0.5, 0.6) is 11.5 Å². The van der Waals surface area contributed by atoms with Crippen LogP contribution >= 0.6 is 11.3 Å². The summed E-state index contributed by atoms with van der Waals surface area (Å²) in [5.41, 5.74) is 3.84. The van der Waals surface area contributed by atoms with Gasteiger partial charge in [0.05, 0.1) is 19.9 Å². The molecule has 0 saturated heterocycles. The zero-order valence-corrected chi connectivity index (χ0v) is 16.0. The molecule has 0 saturated carbocycles. The van der Waals surface area contributed by atoms with Crippen molar-refractivity contribution in [3.05, 3.63) is 70.6 Å². The highest BCUT2D eigenvalue weighted by molar-refractivity contribution is 7.08. The molecule has 2 heterocycles. The fourth-order valence-electron chi connectivity index (χ4n) is 2.53. The standard InChI is InChI=1S/C21H20N2O3S/c1-25-19-5-3-15(12-20(19)26-2)4-6-21(24)23-13-16-7-9-22-18(11-16)17-8-10-27-14-17/h3-12,14H,13H2,1-2H3,(H,23,24). The van der Waals surface area contributed by atoms with Gasteiger partial charge in [0.2, 0.25) is 5.91 Å². The number of aromatic nitrogens is 1. The van der Waals surface area contributed by atoms with Crippen LogP contribution in [0.1, 0.15) is 11.1 Å². The maximum Gasteiger partial charge on any atom is 0.244 e. The van der Waals surface area contributed by atoms with E-state index in [0.29, 0.717) is 18.0 Å². The number of pyridine rings is 1. The minimum Gasteiger partial charge on any atom is -0.493 e. The van der Waals surface area contributed by atoms with Crippen molar-refractivity contribution in [3.63, 3.8) is 0 Å². The predicted octanol–water partition coefficient (Wildman–Crippen LogP) is 4.16. The van der Waals surface area contributed by atoms with Crippen LogP contribution in [0.2, 0.25) is 0 Å². The number of thiophene rings is 1. The first-order valence-electron chi connectivity index (χ1n) is 8.35. The van der Waals surface area contributed by atoms with E-state index in [4.69, 9.17) is 9.47 Å². The van der Waals surface area contributed by atoms with Crippen molar-refractivity contribution in [1.29, 1.82) is 0 Å². The molecule has 1 amide bonds. The van der Waals surface area contributed by atoms with Crippen LogP contribution < -0.4 is 14.8 Å². The highest BCUT2D eigenvalue weighted by Crippen LogP contribution is 2.28. The lowest BCUT2D eigenvalue weighted by molar-refractivity contribution is -0.116. The summed E-state index contributed by atoms with van der Waals surface area (Å²) in [7, 11) is 3.17. The fourth-order valence-corrected chi connectivity index (χ4v) is 3.18. The van der Waals surface area contributed by atoms with Crippen molar-refractivity contribution in [3.8, 4) is 22.8 Å². The van der Waals surface area contributed by atoms with Crippen LogP contribution in [0.4, 0.5) is 0 Å². The van der Waals surface area contributed by atoms with Crippen molar-refractivity contribution in [1.82, 2.24) is 10.3 Å². The van der Waals surface area contributed by atoms with Crippen molar-refractivity contribution >= 4 is 23.3 Å². The number of rotatable bonds is 7. The second kappa shape index (κ2) is 9.00. The van der Waals surface area contributed by atoms with Gasteiger partial charge < -0.3 is 14.8 Å². The predicted molar refractivity (Wildman–Crippen MR) is 108 cm³/mol. The Morgan fingerprint density at radius 3 is 2.74 bits per heavy atom. The number of methoxy groups -OCH3 is 2. The number of ether oxygens (including phenoxy) is 2. The lowest BCUT2D eigenvalue weighted by atomic mass is 10.1. The number of carbonyl (C=O) groups is 1. The van der Waals surface area contributed by atoms with Gasteiger partial charge in [-0.05, 0) is 52.9 Å². The number of carbonyl (C=O) groups excluding carboxylic acids is 1. The van der Waals surface area contributed by atoms with Gasteiger partial charge >= 0.3 is 0 Å². The van der Waals surface area contributed by atoms with Crippen LogP contribution in [-0.2, 0) is 11.3 Å². The minimum absolute atomic E-state index is 0.168. The van der Waals surface area contributed by atoms with E-state index >= 15 is 0 Å². The summed E-state index contributed by atoms with van der Waals surface area (Å²) in [6, 6.07) is 11.4. The van der Waals surface area contributed by atoms with Crippen LogP contribution in [0.15, 0.2) is 59.4 Å². The van der Waals surface area contributed by atoms with Gasteiger partial charge in [-0.15, -0.1) is 0 Å². The van der Waals surface area contributed by atoms with Gasteiger partial charge in [0.15, 0.2) is 11.5 Å². The average molecular weight is 380 g/mol. The third kappa shape index (κ3) is 4.95. The molecule has 0 fully saturated rings. The van der Waals surface area contributed by atoms with Crippen molar-refractivity contribution < 1.29 is 14.3 Å². The molecule has 6 heteroatoms. The Balaban J connectivity index is 1.60. The third-order valence-electron chi connectivity index (χ3n) is 3.94. The Morgan fingerprint density at radius 1 is 1.15 bits per heavy atom. The van der Waals surface area contributed by atoms with Gasteiger partial charge in [-0.1, -0.05) is 6.07 Å². The van der Waals surface area contributed by atoms with E-state index in [0.717, 1.165) is 22.4 Å². The quantitative estimate of drug-likeness (QED) is 0.626. The summed E-state index contributed by atoms with van der Waals surface area (Å²) in [6.45, 7) is 0.439. The normalized spacial score (nSPS) is 10.7. The second-order valence-electron chi connectivity index (χ2n) is 5.73. The molecule has 0 atom stereocenters. The fraction of sp³-hybridized carbons (Fsp3) is 0.143. The first-order chi connectivity index (χ1) is 13.2. The molecule has 0 aliphatic heterocycles. The first kappa shape index (κ1) is 18.7. The Kier molecular flexibility index (Phi) is 6.22. The summed E-state index contributed by atoms with van der Waals surface area (Å²) >= 11 is 1.63. The molecule has 1 aromatic carbocycles. The lowest BCUT2D eigenvalue weighted by Crippen LogP contribution is -2.20. The van der Waals surface area contributed by atoms with E-state index in [2.05, 4.69) is 15.7 Å². The highest BCUT2D eigenvalue weighted by atomic mass is 32.1. The van der Waals surface area contributed by atoms with Gasteiger partial charge in [-0.2, -0.15) is 11.3 Å². The summed E-state index contributed by atoms with van der Waals surface area (Å²) in [5, 5.41) is 6.96. The molecular weight excluding hydrogens is 360 g/mol. The minimum atomic E-state index is -0.168. The van der Waals surface area contributed by atoms with E-state index in [1.807, 2.05) is 35.7 Å². The Hall–Kier alpha value is -3.12. The molecular formula is C21H20N2O3S. The molecule has 1 N–H and O–H groups in total. The molecule has 0 bridgehead atoms. The van der Waals surface area contributed by atoms with Gasteiger partial charge in [0.1, 0.15) is 0 Å². The van der Waals surface area contributed by atoms with Crippen LogP contribution in [-0.4, -0.2) is 25.1 Å². The molecule has 3 rings (SSSR count). The topological polar surface area (TPSA) is 60.5 Å². The van der Waals surface area contributed by atoms with Gasteiger partial charge in [0, 0.05) is 29.8 Å². The molecule has 0 spiro atoms. The molecule has 0 radical (unpaired) electrons. The zero-order chi connectivity index (χ0) is 19.1. The Labute approximate surface area is 162 Å². The number of nitrogens with zero attached hydrogens (tertiary/aromatic N) is 1. The van der Waals surface area contributed by atoms with Crippen molar-refractivity contribution in [2.24, 2.45) is 0 Å². The molecule has 3 aromatic rings. The largest absolute Gasteiger partial charge is 0.493 e. The number of benzene rings is 1. The maximum atomic E-state index is 12.1. The van der Waals surface area contributed by atoms with Crippen molar-refractivity contribution in [2.45, 2.75) is 6.54 Å². The number of hydrogen-bond acceptors (Lipinski definition) is 5. The third-order valence-corrected chi connectivity index (χ3v) is 4.63. The number of amides is 1. The molecule has 0 aliphatic rings. The summed E-state index contributed by atoms with van der Waals surface area (Å²) in [4.78, 5) is 16.5. The lowest BCUT2D eigenvalue weighted by Gasteiger charge is -2.07. The smallest absolute Gasteiger partial charge is 0.244 e. The van der Waals surface area contributed by atoms with Crippen LogP contribution in [0.3, 0.4) is 0 Å². The highest BCUT2D eigenvalue weighted by Gasteiger charge is 2.04. The summed E-state index contributed by atoms with van der Waals surface area (Å²) in [5.74, 6) is 1.11. The Bertz CT molecular complexity index is 936. The number of nitrogens with one attached hydrogen (secondary N) is 1. The van der Waals surface area contributed by atoms with E-state index in [9.17, 15) is 4.79 Å². The summed E-state index contributed by atoms with van der Waals surface area (Å²) in [6.07, 6.45) is 5.00.